The summed E-state index contributed by atoms with van der Waals surface area (Å²) in [5.41, 5.74) is 9.16. The van der Waals surface area contributed by atoms with Crippen LogP contribution in [-0.4, -0.2) is 0 Å². The van der Waals surface area contributed by atoms with Crippen LogP contribution in [0.2, 0.25) is 0 Å². The summed E-state index contributed by atoms with van der Waals surface area (Å²) in [4.78, 5) is 0. The van der Waals surface area contributed by atoms with E-state index in [0.29, 0.717) is 0 Å². The minimum absolute atomic E-state index is 1.09. The molecule has 2 rings (SSSR count). The van der Waals surface area contributed by atoms with Gasteiger partial charge in [-0.3, -0.25) is 0 Å². The molecular weight excluding hydrogens is 312 g/mol. The highest BCUT2D eigenvalue weighted by atomic mass is 14.2. The van der Waals surface area contributed by atoms with Crippen LogP contribution in [0.5, 0.6) is 0 Å². The van der Waals surface area contributed by atoms with Crippen LogP contribution in [0.15, 0.2) is 71.9 Å². The molecule has 0 bridgehead atoms. The van der Waals surface area contributed by atoms with E-state index in [4.69, 9.17) is 0 Å². The van der Waals surface area contributed by atoms with E-state index in [1.54, 1.807) is 0 Å². The molecule has 0 spiro atoms. The summed E-state index contributed by atoms with van der Waals surface area (Å²) in [5.74, 6) is 0. The Bertz CT molecular complexity index is 720. The number of hydrogen-bond acceptors (Lipinski definition) is 0. The fourth-order valence-electron chi connectivity index (χ4n) is 3.87. The van der Waals surface area contributed by atoms with E-state index < -0.39 is 0 Å². The quantitative estimate of drug-likeness (QED) is 0.481. The fourth-order valence-corrected chi connectivity index (χ4v) is 3.87. The Kier molecular flexibility index (Phi) is 7.91. The summed E-state index contributed by atoms with van der Waals surface area (Å²) < 4.78 is 0. The van der Waals surface area contributed by atoms with Gasteiger partial charge in [0.15, 0.2) is 0 Å². The van der Waals surface area contributed by atoms with Gasteiger partial charge in [-0.25, -0.2) is 0 Å². The van der Waals surface area contributed by atoms with Crippen LogP contribution in [0, 0.1) is 0 Å². The third-order valence-corrected chi connectivity index (χ3v) is 5.39. The van der Waals surface area contributed by atoms with E-state index in [1.165, 1.54) is 77.5 Å². The van der Waals surface area contributed by atoms with Crippen LogP contribution in [0.4, 0.5) is 0 Å². The van der Waals surface area contributed by atoms with Gasteiger partial charge in [0.2, 0.25) is 0 Å². The van der Waals surface area contributed by atoms with Crippen molar-refractivity contribution in [3.63, 3.8) is 0 Å². The molecule has 0 saturated carbocycles. The first kappa shape index (κ1) is 20.2. The lowest BCUT2D eigenvalue weighted by atomic mass is 9.84. The molecule has 0 radical (unpaired) electrons. The van der Waals surface area contributed by atoms with Gasteiger partial charge in [0.25, 0.3) is 0 Å². The molecule has 1 aliphatic rings. The highest BCUT2D eigenvalue weighted by molar-refractivity contribution is 5.76. The molecule has 1 aromatic carbocycles. The van der Waals surface area contributed by atoms with Crippen LogP contribution in [0.3, 0.4) is 0 Å². The molecule has 0 heterocycles. The van der Waals surface area contributed by atoms with Crippen LogP contribution in [-0.2, 0) is 0 Å². The molecule has 0 nitrogen and oxygen atoms in total. The van der Waals surface area contributed by atoms with Crippen molar-refractivity contribution in [1.82, 2.24) is 0 Å². The van der Waals surface area contributed by atoms with Crippen molar-refractivity contribution in [3.05, 3.63) is 83.0 Å². The zero-order valence-electron chi connectivity index (χ0n) is 16.9. The topological polar surface area (TPSA) is 0 Å². The first-order valence-electron chi connectivity index (χ1n) is 10.0. The van der Waals surface area contributed by atoms with Gasteiger partial charge in [-0.05, 0) is 79.9 Å². The predicted octanol–water partition coefficient (Wildman–Crippen LogP) is 8.30. The van der Waals surface area contributed by atoms with Crippen molar-refractivity contribution in [2.24, 2.45) is 0 Å². The van der Waals surface area contributed by atoms with Gasteiger partial charge in [0.1, 0.15) is 0 Å². The molecule has 0 N–H and O–H groups in total. The van der Waals surface area contributed by atoms with Crippen LogP contribution in [0.25, 0.3) is 11.6 Å². The molecule has 138 valence electrons. The van der Waals surface area contributed by atoms with Gasteiger partial charge in [-0.2, -0.15) is 0 Å². The van der Waals surface area contributed by atoms with Crippen molar-refractivity contribution in [2.45, 2.75) is 65.7 Å². The zero-order chi connectivity index (χ0) is 18.9. The lowest BCUT2D eigenvalue weighted by molar-refractivity contribution is 0.604. The lowest BCUT2D eigenvalue weighted by Gasteiger charge is -2.21. The van der Waals surface area contributed by atoms with E-state index >= 15 is 0 Å². The second kappa shape index (κ2) is 10.2. The molecule has 0 atom stereocenters. The molecule has 26 heavy (non-hydrogen) atoms. The van der Waals surface area contributed by atoms with Crippen molar-refractivity contribution >= 4 is 11.6 Å². The zero-order valence-corrected chi connectivity index (χ0v) is 16.9. The summed E-state index contributed by atoms with van der Waals surface area (Å²) in [7, 11) is 0. The predicted molar refractivity (Wildman–Crippen MR) is 118 cm³/mol. The van der Waals surface area contributed by atoms with Gasteiger partial charge < -0.3 is 0 Å². The second-order valence-electron chi connectivity index (χ2n) is 7.39. The van der Waals surface area contributed by atoms with E-state index in [-0.39, 0.29) is 0 Å². The van der Waals surface area contributed by atoms with Crippen LogP contribution < -0.4 is 0 Å². The first-order valence-corrected chi connectivity index (χ1v) is 10.0. The third kappa shape index (κ3) is 5.21. The Morgan fingerprint density at radius 3 is 2.19 bits per heavy atom. The minimum Gasteiger partial charge on any atom is -0.0984 e. The molecule has 0 aliphatic heterocycles. The summed E-state index contributed by atoms with van der Waals surface area (Å²) in [6.07, 6.45) is 15.1. The monoisotopic (exact) mass is 346 g/mol. The number of benzene rings is 1. The average Bonchev–Trinajstić information content (AvgIpc) is 2.65. The molecule has 1 aromatic rings. The standard InChI is InChI=1S/C26H34/c1-6-13-23-16-18-24(19-17-23)22(5)25(7-2)26-20(3)14-11-9-8-10-12-15-21(26)4/h6-7,13,16-19H,2-3,8-12,14-15H2,1,4-5H3/b13-6-,25-22+,26-21+. The Morgan fingerprint density at radius 1 is 0.962 bits per heavy atom. The maximum atomic E-state index is 4.45. The molecular formula is C26H34. The largest absolute Gasteiger partial charge is 0.0984 e. The first-order chi connectivity index (χ1) is 12.6. The van der Waals surface area contributed by atoms with E-state index in [1.807, 2.05) is 6.08 Å². The van der Waals surface area contributed by atoms with Crippen molar-refractivity contribution in [1.29, 1.82) is 0 Å². The van der Waals surface area contributed by atoms with Crippen molar-refractivity contribution < 1.29 is 0 Å². The SMILES string of the molecule is C=CC(/C1=C(\C)CCCCCCCC1=C)=C(/C)c1ccc(/C=C\C)cc1. The maximum absolute atomic E-state index is 4.45. The molecule has 1 aliphatic carbocycles. The van der Waals surface area contributed by atoms with Crippen LogP contribution >= 0.6 is 0 Å². The smallest absolute Gasteiger partial charge is 0.0153 e. The van der Waals surface area contributed by atoms with Crippen molar-refractivity contribution in [3.8, 4) is 0 Å². The van der Waals surface area contributed by atoms with E-state index in [9.17, 15) is 0 Å². The van der Waals surface area contributed by atoms with E-state index in [2.05, 4.69) is 70.3 Å². The molecule has 0 aromatic heterocycles. The number of rotatable bonds is 4. The Labute approximate surface area is 160 Å². The molecule has 0 fully saturated rings. The summed E-state index contributed by atoms with van der Waals surface area (Å²) >= 11 is 0. The summed E-state index contributed by atoms with van der Waals surface area (Å²) in [6.45, 7) is 15.2. The minimum atomic E-state index is 1.09. The fraction of sp³-hybridized carbons (Fsp3) is 0.385. The van der Waals surface area contributed by atoms with E-state index in [0.717, 1.165) is 6.42 Å². The lowest BCUT2D eigenvalue weighted by Crippen LogP contribution is -2.01. The van der Waals surface area contributed by atoms with Crippen molar-refractivity contribution in [2.75, 3.05) is 0 Å². The van der Waals surface area contributed by atoms with Gasteiger partial charge in [0, 0.05) is 0 Å². The Balaban J connectivity index is 2.47. The highest BCUT2D eigenvalue weighted by Crippen LogP contribution is 2.35. The van der Waals surface area contributed by atoms with Gasteiger partial charge in [0.05, 0.1) is 0 Å². The third-order valence-electron chi connectivity index (χ3n) is 5.39. The van der Waals surface area contributed by atoms with Gasteiger partial charge >= 0.3 is 0 Å². The highest BCUT2D eigenvalue weighted by Gasteiger charge is 2.15. The molecule has 0 heteroatoms. The second-order valence-corrected chi connectivity index (χ2v) is 7.39. The Morgan fingerprint density at radius 2 is 1.58 bits per heavy atom. The molecule has 0 saturated heterocycles. The Hall–Kier alpha value is -2.08. The normalized spacial score (nSPS) is 20.8. The van der Waals surface area contributed by atoms with Gasteiger partial charge in [-0.15, -0.1) is 0 Å². The molecule has 0 unspecified atom stereocenters. The summed E-state index contributed by atoms with van der Waals surface area (Å²) in [6, 6.07) is 8.80. The summed E-state index contributed by atoms with van der Waals surface area (Å²) in [5, 5.41) is 0. The molecule has 0 amide bonds. The maximum Gasteiger partial charge on any atom is -0.0153 e. The van der Waals surface area contributed by atoms with Crippen LogP contribution in [0.1, 0.15) is 76.8 Å². The number of allylic oxidation sites excluding steroid dienone is 7. The van der Waals surface area contributed by atoms with Gasteiger partial charge in [-0.1, -0.05) is 80.5 Å². The number of hydrogen-bond donors (Lipinski definition) is 0. The average molecular weight is 347 g/mol.